The summed E-state index contributed by atoms with van der Waals surface area (Å²) in [7, 11) is 0. The Morgan fingerprint density at radius 1 is 1.42 bits per heavy atom. The zero-order valence-corrected chi connectivity index (χ0v) is 13.3. The summed E-state index contributed by atoms with van der Waals surface area (Å²) < 4.78 is 1.09. The van der Waals surface area contributed by atoms with E-state index in [-0.39, 0.29) is 12.5 Å². The summed E-state index contributed by atoms with van der Waals surface area (Å²) in [4.78, 5) is 25.3. The van der Waals surface area contributed by atoms with Crippen LogP contribution in [0.15, 0.2) is 15.9 Å². The number of carboxylic acids is 1. The van der Waals surface area contributed by atoms with Gasteiger partial charge in [-0.15, -0.1) is 11.3 Å². The summed E-state index contributed by atoms with van der Waals surface area (Å²) in [5, 5.41) is 8.77. The van der Waals surface area contributed by atoms with Crippen LogP contribution in [0.4, 0.5) is 0 Å². The van der Waals surface area contributed by atoms with Crippen molar-refractivity contribution in [3.05, 3.63) is 20.8 Å². The molecule has 0 unspecified atom stereocenters. The molecule has 0 bridgehead atoms. The van der Waals surface area contributed by atoms with Crippen LogP contribution in [0.25, 0.3) is 0 Å². The third-order valence-corrected chi connectivity index (χ3v) is 4.30. The molecule has 1 aromatic heterocycles. The van der Waals surface area contributed by atoms with Gasteiger partial charge in [-0.05, 0) is 47.3 Å². The Balaban J connectivity index is 2.37. The number of carbonyl (C=O) groups is 2. The number of halogens is 1. The van der Waals surface area contributed by atoms with Gasteiger partial charge in [0.2, 0.25) is 5.91 Å². The fourth-order valence-electron chi connectivity index (χ4n) is 1.78. The molecule has 1 rings (SSSR count). The zero-order chi connectivity index (χ0) is 14.3. The van der Waals surface area contributed by atoms with E-state index in [4.69, 9.17) is 5.11 Å². The van der Waals surface area contributed by atoms with Crippen molar-refractivity contribution in [2.75, 3.05) is 13.1 Å². The molecule has 0 saturated heterocycles. The fourth-order valence-corrected chi connectivity index (χ4v) is 3.31. The van der Waals surface area contributed by atoms with Gasteiger partial charge in [-0.2, -0.15) is 0 Å². The molecule has 1 amide bonds. The van der Waals surface area contributed by atoms with Crippen molar-refractivity contribution in [1.82, 2.24) is 4.90 Å². The third kappa shape index (κ3) is 6.20. The Labute approximate surface area is 125 Å². The first-order valence-corrected chi connectivity index (χ1v) is 7.87. The van der Waals surface area contributed by atoms with Gasteiger partial charge in [0.15, 0.2) is 0 Å². The van der Waals surface area contributed by atoms with Crippen molar-refractivity contribution >= 4 is 39.1 Å². The lowest BCUT2D eigenvalue weighted by Crippen LogP contribution is -2.36. The number of hydrogen-bond acceptors (Lipinski definition) is 3. The van der Waals surface area contributed by atoms with Crippen molar-refractivity contribution in [3.8, 4) is 0 Å². The molecule has 4 nitrogen and oxygen atoms in total. The SMILES string of the molecule is CCCN(CC(=O)O)C(=O)CCCc1ccc(Br)s1. The molecule has 0 spiro atoms. The van der Waals surface area contributed by atoms with E-state index in [0.29, 0.717) is 13.0 Å². The van der Waals surface area contributed by atoms with E-state index in [1.807, 2.05) is 19.1 Å². The van der Waals surface area contributed by atoms with E-state index >= 15 is 0 Å². The highest BCUT2D eigenvalue weighted by Gasteiger charge is 2.15. The van der Waals surface area contributed by atoms with Gasteiger partial charge in [-0.25, -0.2) is 0 Å². The Morgan fingerprint density at radius 2 is 2.16 bits per heavy atom. The van der Waals surface area contributed by atoms with Crippen LogP contribution in [0.5, 0.6) is 0 Å². The molecule has 0 radical (unpaired) electrons. The molecule has 6 heteroatoms. The van der Waals surface area contributed by atoms with E-state index in [9.17, 15) is 9.59 Å². The Kier molecular flexibility index (Phi) is 7.09. The Bertz CT molecular complexity index is 433. The zero-order valence-electron chi connectivity index (χ0n) is 10.9. The molecule has 1 N–H and O–H groups in total. The van der Waals surface area contributed by atoms with Crippen LogP contribution >= 0.6 is 27.3 Å². The van der Waals surface area contributed by atoms with Crippen molar-refractivity contribution in [1.29, 1.82) is 0 Å². The van der Waals surface area contributed by atoms with Crippen molar-refractivity contribution < 1.29 is 14.7 Å². The van der Waals surface area contributed by atoms with Crippen LogP contribution in [-0.4, -0.2) is 35.0 Å². The number of nitrogens with zero attached hydrogens (tertiary/aromatic N) is 1. The number of thiophene rings is 1. The molecule has 0 aliphatic heterocycles. The summed E-state index contributed by atoms with van der Waals surface area (Å²) in [5.74, 6) is -1.02. The maximum atomic E-state index is 11.9. The summed E-state index contributed by atoms with van der Waals surface area (Å²) in [6, 6.07) is 4.04. The molecular weight excluding hydrogens is 330 g/mol. The highest BCUT2D eigenvalue weighted by molar-refractivity contribution is 9.11. The smallest absolute Gasteiger partial charge is 0.323 e. The first-order valence-electron chi connectivity index (χ1n) is 6.26. The average Bonchev–Trinajstić information content (AvgIpc) is 2.74. The third-order valence-electron chi connectivity index (χ3n) is 2.62. The minimum Gasteiger partial charge on any atom is -0.480 e. The molecule has 1 aromatic rings. The standard InChI is InChI=1S/C13H18BrNO3S/c1-2-8-15(9-13(17)18)12(16)5-3-4-10-6-7-11(14)19-10/h6-7H,2-5,8-9H2,1H3,(H,17,18). The molecule has 0 fully saturated rings. The van der Waals surface area contributed by atoms with Gasteiger partial charge < -0.3 is 10.0 Å². The number of rotatable bonds is 8. The fraction of sp³-hybridized carbons (Fsp3) is 0.538. The Hall–Kier alpha value is -0.880. The number of carboxylic acid groups (broad SMARTS) is 1. The molecule has 0 aliphatic rings. The number of hydrogen-bond donors (Lipinski definition) is 1. The van der Waals surface area contributed by atoms with Crippen molar-refractivity contribution in [2.24, 2.45) is 0 Å². The molecule has 106 valence electrons. The predicted molar refractivity (Wildman–Crippen MR) is 79.5 cm³/mol. The lowest BCUT2D eigenvalue weighted by atomic mass is 10.2. The summed E-state index contributed by atoms with van der Waals surface area (Å²) in [6.45, 7) is 2.25. The number of aryl methyl sites for hydroxylation is 1. The van der Waals surface area contributed by atoms with E-state index in [2.05, 4.69) is 15.9 Å². The van der Waals surface area contributed by atoms with E-state index in [1.54, 1.807) is 11.3 Å². The van der Waals surface area contributed by atoms with Crippen LogP contribution in [0.2, 0.25) is 0 Å². The molecule has 0 aliphatic carbocycles. The summed E-state index contributed by atoms with van der Waals surface area (Å²) in [5.41, 5.74) is 0. The quantitative estimate of drug-likeness (QED) is 0.785. The highest BCUT2D eigenvalue weighted by Crippen LogP contribution is 2.23. The topological polar surface area (TPSA) is 57.6 Å². The molecule has 0 atom stereocenters. The number of carbonyl (C=O) groups excluding carboxylic acids is 1. The monoisotopic (exact) mass is 347 g/mol. The van der Waals surface area contributed by atoms with Crippen LogP contribution in [0, 0.1) is 0 Å². The van der Waals surface area contributed by atoms with Crippen LogP contribution in [0.3, 0.4) is 0 Å². The van der Waals surface area contributed by atoms with E-state index < -0.39 is 5.97 Å². The normalized spacial score (nSPS) is 10.4. The van der Waals surface area contributed by atoms with Crippen LogP contribution in [0.1, 0.15) is 31.1 Å². The highest BCUT2D eigenvalue weighted by atomic mass is 79.9. The maximum Gasteiger partial charge on any atom is 0.323 e. The molecule has 0 aromatic carbocycles. The van der Waals surface area contributed by atoms with Gasteiger partial charge in [0.1, 0.15) is 6.54 Å². The van der Waals surface area contributed by atoms with Gasteiger partial charge in [0.25, 0.3) is 0 Å². The first kappa shape index (κ1) is 16.2. The van der Waals surface area contributed by atoms with Crippen LogP contribution in [-0.2, 0) is 16.0 Å². The van der Waals surface area contributed by atoms with Gasteiger partial charge in [0.05, 0.1) is 3.79 Å². The lowest BCUT2D eigenvalue weighted by molar-refractivity contribution is -0.144. The van der Waals surface area contributed by atoms with E-state index in [1.165, 1.54) is 9.78 Å². The second-order valence-electron chi connectivity index (χ2n) is 4.27. The molecule has 0 saturated carbocycles. The molecule has 19 heavy (non-hydrogen) atoms. The number of aliphatic carboxylic acids is 1. The minimum absolute atomic E-state index is 0.0696. The molecular formula is C13H18BrNO3S. The second kappa shape index (κ2) is 8.32. The maximum absolute atomic E-state index is 11.9. The second-order valence-corrected chi connectivity index (χ2v) is 6.82. The predicted octanol–water partition coefficient (Wildman–Crippen LogP) is 3.16. The minimum atomic E-state index is -0.955. The largest absolute Gasteiger partial charge is 0.480 e. The van der Waals surface area contributed by atoms with Gasteiger partial charge in [-0.1, -0.05) is 6.92 Å². The van der Waals surface area contributed by atoms with E-state index in [0.717, 1.165) is 23.0 Å². The van der Waals surface area contributed by atoms with Crippen molar-refractivity contribution in [3.63, 3.8) is 0 Å². The summed E-state index contributed by atoms with van der Waals surface area (Å²) in [6.07, 6.45) is 2.79. The Morgan fingerprint density at radius 3 is 2.68 bits per heavy atom. The van der Waals surface area contributed by atoms with Gasteiger partial charge in [-0.3, -0.25) is 9.59 Å². The summed E-state index contributed by atoms with van der Waals surface area (Å²) >= 11 is 5.07. The lowest BCUT2D eigenvalue weighted by Gasteiger charge is -2.19. The van der Waals surface area contributed by atoms with Crippen LogP contribution < -0.4 is 0 Å². The first-order chi connectivity index (χ1) is 9.02. The van der Waals surface area contributed by atoms with Gasteiger partial charge in [0, 0.05) is 17.8 Å². The van der Waals surface area contributed by atoms with Crippen molar-refractivity contribution in [2.45, 2.75) is 32.6 Å². The average molecular weight is 348 g/mol. The molecule has 1 heterocycles. The number of amides is 1. The van der Waals surface area contributed by atoms with Gasteiger partial charge >= 0.3 is 5.97 Å².